The molecule has 0 saturated carbocycles. The highest BCUT2D eigenvalue weighted by molar-refractivity contribution is 6.29. The Balaban J connectivity index is 3.02. The minimum Gasteiger partial charge on any atom is -0.497 e. The first-order chi connectivity index (χ1) is 5.26. The minimum atomic E-state index is 0.487. The van der Waals surface area contributed by atoms with Crippen LogP contribution in [0.5, 0.6) is 5.75 Å². The number of hydrogen-bond donors (Lipinski definition) is 0. The maximum absolute atomic E-state index is 5.72. The Hall–Kier alpha value is -0.760. The molecule has 0 aliphatic heterocycles. The summed E-state index contributed by atoms with van der Waals surface area (Å²) in [5, 5.41) is 0.487. The van der Waals surface area contributed by atoms with Crippen molar-refractivity contribution in [2.24, 2.45) is 0 Å². The third-order valence-electron chi connectivity index (χ3n) is 1.42. The SMILES string of the molecule is CCc1cc(OC)cc(Cl)n1. The van der Waals surface area contributed by atoms with Gasteiger partial charge in [0.15, 0.2) is 0 Å². The molecule has 11 heavy (non-hydrogen) atoms. The molecular weight excluding hydrogens is 162 g/mol. The summed E-state index contributed by atoms with van der Waals surface area (Å²) in [6.07, 6.45) is 0.872. The van der Waals surface area contributed by atoms with Gasteiger partial charge in [-0.05, 0) is 6.42 Å². The number of rotatable bonds is 2. The van der Waals surface area contributed by atoms with Crippen molar-refractivity contribution in [3.8, 4) is 5.75 Å². The van der Waals surface area contributed by atoms with Gasteiger partial charge in [-0.1, -0.05) is 18.5 Å². The number of hydrogen-bond acceptors (Lipinski definition) is 2. The molecule has 1 heterocycles. The van der Waals surface area contributed by atoms with E-state index in [0.717, 1.165) is 17.9 Å². The molecule has 0 spiro atoms. The summed E-state index contributed by atoms with van der Waals surface area (Å²) in [7, 11) is 1.62. The van der Waals surface area contributed by atoms with E-state index in [4.69, 9.17) is 16.3 Å². The second-order valence-electron chi connectivity index (χ2n) is 2.17. The third-order valence-corrected chi connectivity index (χ3v) is 1.61. The summed E-state index contributed by atoms with van der Waals surface area (Å²) in [6.45, 7) is 2.03. The molecule has 0 aliphatic rings. The van der Waals surface area contributed by atoms with E-state index in [1.54, 1.807) is 13.2 Å². The molecule has 0 unspecified atom stereocenters. The number of methoxy groups -OCH3 is 1. The smallest absolute Gasteiger partial charge is 0.133 e. The monoisotopic (exact) mass is 171 g/mol. The standard InChI is InChI=1S/C8H10ClNO/c1-3-6-4-7(11-2)5-8(9)10-6/h4-5H,3H2,1-2H3. The van der Waals surface area contributed by atoms with Gasteiger partial charge in [0, 0.05) is 17.8 Å². The fourth-order valence-corrected chi connectivity index (χ4v) is 1.04. The molecule has 0 aromatic carbocycles. The number of halogens is 1. The zero-order chi connectivity index (χ0) is 8.27. The van der Waals surface area contributed by atoms with Crippen molar-refractivity contribution in [1.82, 2.24) is 4.98 Å². The van der Waals surface area contributed by atoms with Crippen molar-refractivity contribution in [2.75, 3.05) is 7.11 Å². The van der Waals surface area contributed by atoms with Gasteiger partial charge in [0.05, 0.1) is 7.11 Å². The molecule has 1 rings (SSSR count). The van der Waals surface area contributed by atoms with Crippen molar-refractivity contribution in [1.29, 1.82) is 0 Å². The molecule has 0 saturated heterocycles. The first kappa shape index (κ1) is 8.34. The van der Waals surface area contributed by atoms with Gasteiger partial charge in [-0.3, -0.25) is 0 Å². The quantitative estimate of drug-likeness (QED) is 0.638. The lowest BCUT2D eigenvalue weighted by molar-refractivity contribution is 0.413. The van der Waals surface area contributed by atoms with Crippen LogP contribution in [0.15, 0.2) is 12.1 Å². The zero-order valence-corrected chi connectivity index (χ0v) is 7.35. The molecule has 0 atom stereocenters. The Bertz CT molecular complexity index is 228. The topological polar surface area (TPSA) is 22.1 Å². The normalized spacial score (nSPS) is 9.73. The second kappa shape index (κ2) is 3.58. The molecule has 0 fully saturated rings. The van der Waals surface area contributed by atoms with Crippen LogP contribution in [0.2, 0.25) is 5.15 Å². The predicted octanol–water partition coefficient (Wildman–Crippen LogP) is 2.31. The fraction of sp³-hybridized carbons (Fsp3) is 0.375. The average molecular weight is 172 g/mol. The summed E-state index contributed by atoms with van der Waals surface area (Å²) in [5.74, 6) is 0.766. The summed E-state index contributed by atoms with van der Waals surface area (Å²) in [5.41, 5.74) is 0.953. The van der Waals surface area contributed by atoms with E-state index >= 15 is 0 Å². The van der Waals surface area contributed by atoms with Crippen LogP contribution in [0, 0.1) is 0 Å². The van der Waals surface area contributed by atoms with E-state index in [1.165, 1.54) is 0 Å². The van der Waals surface area contributed by atoms with Crippen molar-refractivity contribution in [3.05, 3.63) is 23.0 Å². The number of nitrogens with zero attached hydrogens (tertiary/aromatic N) is 1. The first-order valence-corrected chi connectivity index (χ1v) is 3.84. The van der Waals surface area contributed by atoms with Gasteiger partial charge in [-0.25, -0.2) is 4.98 Å². The Morgan fingerprint density at radius 1 is 1.55 bits per heavy atom. The van der Waals surface area contributed by atoms with Crippen LogP contribution >= 0.6 is 11.6 Å². The van der Waals surface area contributed by atoms with Crippen LogP contribution in [-0.2, 0) is 6.42 Å². The number of aromatic nitrogens is 1. The van der Waals surface area contributed by atoms with Crippen molar-refractivity contribution in [2.45, 2.75) is 13.3 Å². The van der Waals surface area contributed by atoms with Gasteiger partial charge in [-0.2, -0.15) is 0 Å². The molecule has 60 valence electrons. The highest BCUT2D eigenvalue weighted by Crippen LogP contribution is 2.17. The molecule has 1 aromatic rings. The Morgan fingerprint density at radius 2 is 2.27 bits per heavy atom. The van der Waals surface area contributed by atoms with Crippen molar-refractivity contribution in [3.63, 3.8) is 0 Å². The number of aryl methyl sites for hydroxylation is 1. The van der Waals surface area contributed by atoms with E-state index in [2.05, 4.69) is 4.98 Å². The molecule has 1 aromatic heterocycles. The van der Waals surface area contributed by atoms with Gasteiger partial charge in [0.2, 0.25) is 0 Å². The van der Waals surface area contributed by atoms with E-state index in [1.807, 2.05) is 13.0 Å². The van der Waals surface area contributed by atoms with Crippen molar-refractivity contribution >= 4 is 11.6 Å². The van der Waals surface area contributed by atoms with E-state index in [0.29, 0.717) is 5.15 Å². The van der Waals surface area contributed by atoms with E-state index in [9.17, 15) is 0 Å². The lowest BCUT2D eigenvalue weighted by atomic mass is 10.3. The van der Waals surface area contributed by atoms with Crippen LogP contribution in [0.25, 0.3) is 0 Å². The average Bonchev–Trinajstić information content (AvgIpc) is 2.03. The highest BCUT2D eigenvalue weighted by atomic mass is 35.5. The fourth-order valence-electron chi connectivity index (χ4n) is 0.824. The van der Waals surface area contributed by atoms with Crippen LogP contribution in [0.3, 0.4) is 0 Å². The maximum atomic E-state index is 5.72. The molecule has 0 N–H and O–H groups in total. The largest absolute Gasteiger partial charge is 0.497 e. The van der Waals surface area contributed by atoms with E-state index < -0.39 is 0 Å². The molecule has 0 aliphatic carbocycles. The van der Waals surface area contributed by atoms with Crippen molar-refractivity contribution < 1.29 is 4.74 Å². The minimum absolute atomic E-state index is 0.487. The van der Waals surface area contributed by atoms with E-state index in [-0.39, 0.29) is 0 Å². The summed E-state index contributed by atoms with van der Waals surface area (Å²) < 4.78 is 5.01. The molecule has 2 nitrogen and oxygen atoms in total. The first-order valence-electron chi connectivity index (χ1n) is 3.46. The molecular formula is C8H10ClNO. The lowest BCUT2D eigenvalue weighted by Gasteiger charge is -2.01. The maximum Gasteiger partial charge on any atom is 0.133 e. The zero-order valence-electron chi connectivity index (χ0n) is 6.60. The van der Waals surface area contributed by atoms with Crippen LogP contribution < -0.4 is 4.74 Å². The number of ether oxygens (including phenoxy) is 1. The number of pyridine rings is 1. The summed E-state index contributed by atoms with van der Waals surface area (Å²) >= 11 is 5.72. The molecule has 0 bridgehead atoms. The van der Waals surface area contributed by atoms with Crippen LogP contribution in [0.1, 0.15) is 12.6 Å². The van der Waals surface area contributed by atoms with Gasteiger partial charge < -0.3 is 4.74 Å². The van der Waals surface area contributed by atoms with Gasteiger partial charge in [0.25, 0.3) is 0 Å². The Labute approximate surface area is 71.2 Å². The summed E-state index contributed by atoms with van der Waals surface area (Å²) in [4.78, 5) is 4.09. The lowest BCUT2D eigenvalue weighted by Crippen LogP contribution is -1.90. The molecule has 3 heteroatoms. The molecule has 0 amide bonds. The Kier molecular flexibility index (Phi) is 2.71. The highest BCUT2D eigenvalue weighted by Gasteiger charge is 1.98. The van der Waals surface area contributed by atoms with Crippen LogP contribution in [-0.4, -0.2) is 12.1 Å². The predicted molar refractivity (Wildman–Crippen MR) is 45.2 cm³/mol. The van der Waals surface area contributed by atoms with Gasteiger partial charge in [-0.15, -0.1) is 0 Å². The third kappa shape index (κ3) is 2.09. The van der Waals surface area contributed by atoms with Gasteiger partial charge >= 0.3 is 0 Å². The Morgan fingerprint density at radius 3 is 2.82 bits per heavy atom. The second-order valence-corrected chi connectivity index (χ2v) is 2.56. The molecule has 0 radical (unpaired) electrons. The van der Waals surface area contributed by atoms with Crippen LogP contribution in [0.4, 0.5) is 0 Å². The van der Waals surface area contributed by atoms with Gasteiger partial charge in [0.1, 0.15) is 10.9 Å². The summed E-state index contributed by atoms with van der Waals surface area (Å²) in [6, 6.07) is 3.58.